The van der Waals surface area contributed by atoms with E-state index < -0.39 is 0 Å². The highest BCUT2D eigenvalue weighted by Gasteiger charge is 2.26. The number of unbranched alkanes of at least 4 members (excludes halogenated alkanes) is 1. The minimum absolute atomic E-state index is 0.00475. The van der Waals surface area contributed by atoms with Gasteiger partial charge in [0.2, 0.25) is 11.8 Å². The van der Waals surface area contributed by atoms with Crippen LogP contribution in [0.3, 0.4) is 0 Å². The van der Waals surface area contributed by atoms with Crippen molar-refractivity contribution in [1.82, 2.24) is 14.9 Å². The van der Waals surface area contributed by atoms with Gasteiger partial charge in [-0.3, -0.25) is 9.78 Å². The highest BCUT2D eigenvalue weighted by Crippen LogP contribution is 2.20. The van der Waals surface area contributed by atoms with E-state index in [4.69, 9.17) is 14.2 Å². The average molecular weight is 385 g/mol. The summed E-state index contributed by atoms with van der Waals surface area (Å²) in [5.41, 5.74) is 0.657. The number of carbonyl (C=O) groups excluding carboxylic acids is 1. The summed E-state index contributed by atoms with van der Waals surface area (Å²) in [4.78, 5) is 23.0. The van der Waals surface area contributed by atoms with Gasteiger partial charge in [-0.1, -0.05) is 13.3 Å². The normalized spacial score (nSPS) is 16.5. The number of amides is 1. The highest BCUT2D eigenvalue weighted by molar-refractivity contribution is 5.94. The molecule has 7 heteroatoms. The number of methoxy groups -OCH3 is 1. The SMILES string of the molecule is CCCCOc1ccc(C(=O)N2CCCC(Oc3cncc(OC)n3)C2)cc1. The molecule has 1 atom stereocenters. The Kier molecular flexibility index (Phi) is 7.06. The molecule has 150 valence electrons. The Bertz CT molecular complexity index is 767. The summed E-state index contributed by atoms with van der Waals surface area (Å²) in [6.45, 7) is 4.06. The van der Waals surface area contributed by atoms with E-state index in [1.807, 2.05) is 29.2 Å². The molecule has 1 aliphatic heterocycles. The summed E-state index contributed by atoms with van der Waals surface area (Å²) in [5.74, 6) is 1.61. The number of aromatic nitrogens is 2. The molecule has 1 aromatic heterocycles. The van der Waals surface area contributed by atoms with Crippen molar-refractivity contribution in [1.29, 1.82) is 0 Å². The second kappa shape index (κ2) is 9.92. The van der Waals surface area contributed by atoms with Crippen molar-refractivity contribution < 1.29 is 19.0 Å². The fraction of sp³-hybridized carbons (Fsp3) is 0.476. The maximum atomic E-state index is 12.9. The van der Waals surface area contributed by atoms with Gasteiger partial charge in [-0.25, -0.2) is 0 Å². The van der Waals surface area contributed by atoms with Crippen LogP contribution in [0.25, 0.3) is 0 Å². The second-order valence-electron chi connectivity index (χ2n) is 6.76. The zero-order valence-corrected chi connectivity index (χ0v) is 16.5. The Labute approximate surface area is 165 Å². The molecule has 2 heterocycles. The van der Waals surface area contributed by atoms with Crippen LogP contribution < -0.4 is 14.2 Å². The molecule has 0 aliphatic carbocycles. The molecule has 7 nitrogen and oxygen atoms in total. The van der Waals surface area contributed by atoms with Crippen LogP contribution in [0.5, 0.6) is 17.5 Å². The molecule has 0 bridgehead atoms. The molecule has 1 aromatic carbocycles. The van der Waals surface area contributed by atoms with Crippen molar-refractivity contribution in [3.8, 4) is 17.5 Å². The zero-order valence-electron chi connectivity index (χ0n) is 16.5. The number of hydrogen-bond donors (Lipinski definition) is 0. The first-order valence-corrected chi connectivity index (χ1v) is 9.74. The van der Waals surface area contributed by atoms with Gasteiger partial charge in [0, 0.05) is 12.1 Å². The number of likely N-dealkylation sites (tertiary alicyclic amines) is 1. The van der Waals surface area contributed by atoms with E-state index in [1.165, 1.54) is 13.3 Å². The van der Waals surface area contributed by atoms with Gasteiger partial charge in [0.1, 0.15) is 11.9 Å². The smallest absolute Gasteiger partial charge is 0.253 e. The molecule has 3 rings (SSSR count). The quantitative estimate of drug-likeness (QED) is 0.649. The maximum absolute atomic E-state index is 12.9. The lowest BCUT2D eigenvalue weighted by Gasteiger charge is -2.32. The monoisotopic (exact) mass is 385 g/mol. The van der Waals surface area contributed by atoms with Crippen LogP contribution in [0.4, 0.5) is 0 Å². The summed E-state index contributed by atoms with van der Waals surface area (Å²) in [6, 6.07) is 7.35. The maximum Gasteiger partial charge on any atom is 0.253 e. The second-order valence-corrected chi connectivity index (χ2v) is 6.76. The molecule has 1 fully saturated rings. The fourth-order valence-electron chi connectivity index (χ4n) is 3.09. The van der Waals surface area contributed by atoms with Crippen molar-refractivity contribution in [3.63, 3.8) is 0 Å². The summed E-state index contributed by atoms with van der Waals surface area (Å²) in [5, 5.41) is 0. The van der Waals surface area contributed by atoms with Gasteiger partial charge in [0.15, 0.2) is 0 Å². The first kappa shape index (κ1) is 19.9. The Morgan fingerprint density at radius 1 is 1.21 bits per heavy atom. The molecule has 1 saturated heterocycles. The highest BCUT2D eigenvalue weighted by atomic mass is 16.5. The van der Waals surface area contributed by atoms with Gasteiger partial charge in [0.25, 0.3) is 5.91 Å². The lowest BCUT2D eigenvalue weighted by molar-refractivity contribution is 0.0525. The lowest BCUT2D eigenvalue weighted by atomic mass is 10.1. The average Bonchev–Trinajstić information content (AvgIpc) is 2.74. The Balaban J connectivity index is 1.57. The minimum Gasteiger partial charge on any atom is -0.494 e. The largest absolute Gasteiger partial charge is 0.494 e. The van der Waals surface area contributed by atoms with Crippen LogP contribution in [0.15, 0.2) is 36.7 Å². The molecule has 1 amide bonds. The molecule has 28 heavy (non-hydrogen) atoms. The van der Waals surface area contributed by atoms with E-state index in [0.717, 1.165) is 38.0 Å². The van der Waals surface area contributed by atoms with Gasteiger partial charge in [-0.2, -0.15) is 4.98 Å². The minimum atomic E-state index is -0.115. The molecule has 1 unspecified atom stereocenters. The van der Waals surface area contributed by atoms with Crippen molar-refractivity contribution >= 4 is 5.91 Å². The zero-order chi connectivity index (χ0) is 19.8. The van der Waals surface area contributed by atoms with E-state index in [1.54, 1.807) is 6.20 Å². The number of ether oxygens (including phenoxy) is 3. The van der Waals surface area contributed by atoms with Crippen LogP contribution in [0.1, 0.15) is 43.0 Å². The van der Waals surface area contributed by atoms with Crippen LogP contribution in [0, 0.1) is 0 Å². The van der Waals surface area contributed by atoms with Crippen molar-refractivity contribution in [2.45, 2.75) is 38.7 Å². The summed E-state index contributed by atoms with van der Waals surface area (Å²) >= 11 is 0. The van der Waals surface area contributed by atoms with Crippen molar-refractivity contribution in [3.05, 3.63) is 42.2 Å². The first-order chi connectivity index (χ1) is 13.7. The number of piperidine rings is 1. The summed E-state index contributed by atoms with van der Waals surface area (Å²) in [6.07, 6.45) is 6.83. The Morgan fingerprint density at radius 3 is 2.75 bits per heavy atom. The summed E-state index contributed by atoms with van der Waals surface area (Å²) in [7, 11) is 1.54. The summed E-state index contributed by atoms with van der Waals surface area (Å²) < 4.78 is 16.7. The third-order valence-corrected chi connectivity index (χ3v) is 4.62. The first-order valence-electron chi connectivity index (χ1n) is 9.74. The number of carbonyl (C=O) groups is 1. The molecule has 2 aromatic rings. The Morgan fingerprint density at radius 2 is 2.00 bits per heavy atom. The molecule has 0 saturated carbocycles. The van der Waals surface area contributed by atoms with Crippen molar-refractivity contribution in [2.75, 3.05) is 26.8 Å². The van der Waals surface area contributed by atoms with Crippen molar-refractivity contribution in [2.24, 2.45) is 0 Å². The standard InChI is InChI=1S/C21H27N3O4/c1-3-4-12-27-17-9-7-16(8-10-17)21(25)24-11-5-6-18(15-24)28-20-14-22-13-19(23-20)26-2/h7-10,13-14,18H,3-6,11-12,15H2,1-2H3. The van der Waals surface area contributed by atoms with Gasteiger partial charge in [-0.05, 0) is 43.5 Å². The molecule has 0 radical (unpaired) electrons. The fourth-order valence-corrected chi connectivity index (χ4v) is 3.09. The lowest BCUT2D eigenvalue weighted by Crippen LogP contribution is -2.44. The van der Waals surface area contributed by atoms with Crippen LogP contribution in [-0.2, 0) is 0 Å². The number of rotatable bonds is 8. The predicted octanol–water partition coefficient (Wildman–Crippen LogP) is 3.35. The van der Waals surface area contributed by atoms with Crippen LogP contribution >= 0.6 is 0 Å². The van der Waals surface area contributed by atoms with E-state index in [9.17, 15) is 4.79 Å². The third kappa shape index (κ3) is 5.34. The van der Waals surface area contributed by atoms with Crippen LogP contribution in [-0.4, -0.2) is 53.7 Å². The number of nitrogens with zero attached hydrogens (tertiary/aromatic N) is 3. The van der Waals surface area contributed by atoms with E-state index in [0.29, 0.717) is 30.5 Å². The molecular weight excluding hydrogens is 358 g/mol. The van der Waals surface area contributed by atoms with E-state index in [-0.39, 0.29) is 12.0 Å². The topological polar surface area (TPSA) is 73.8 Å². The van der Waals surface area contributed by atoms with E-state index >= 15 is 0 Å². The molecular formula is C21H27N3O4. The molecule has 0 N–H and O–H groups in total. The van der Waals surface area contributed by atoms with Gasteiger partial charge >= 0.3 is 0 Å². The number of hydrogen-bond acceptors (Lipinski definition) is 6. The molecule has 0 spiro atoms. The van der Waals surface area contributed by atoms with Gasteiger partial charge in [0.05, 0.1) is 32.7 Å². The predicted molar refractivity (Wildman–Crippen MR) is 105 cm³/mol. The van der Waals surface area contributed by atoms with Gasteiger partial charge in [-0.15, -0.1) is 0 Å². The van der Waals surface area contributed by atoms with Gasteiger partial charge < -0.3 is 19.1 Å². The van der Waals surface area contributed by atoms with Crippen LogP contribution in [0.2, 0.25) is 0 Å². The third-order valence-electron chi connectivity index (χ3n) is 4.62. The molecule has 1 aliphatic rings. The number of benzene rings is 1. The Hall–Kier alpha value is -2.83. The van der Waals surface area contributed by atoms with E-state index in [2.05, 4.69) is 16.9 Å².